The molecule has 116 valence electrons. The van der Waals surface area contributed by atoms with E-state index < -0.39 is 23.7 Å². The van der Waals surface area contributed by atoms with Gasteiger partial charge in [0.1, 0.15) is 17.6 Å². The van der Waals surface area contributed by atoms with E-state index in [0.29, 0.717) is 18.4 Å². The fraction of sp³-hybridized carbons (Fsp3) is 0.733. The Morgan fingerprint density at radius 3 is 2.57 bits per heavy atom. The van der Waals surface area contributed by atoms with Crippen LogP contribution in [0.5, 0.6) is 0 Å². The van der Waals surface area contributed by atoms with Crippen LogP contribution in [0.2, 0.25) is 0 Å². The van der Waals surface area contributed by atoms with Crippen molar-refractivity contribution < 1.29 is 23.9 Å². The molecule has 0 spiro atoms. The number of carbonyl (C=O) groups is 2. The summed E-state index contributed by atoms with van der Waals surface area (Å²) in [6.45, 7) is 7.26. The summed E-state index contributed by atoms with van der Waals surface area (Å²) < 4.78 is 10.4. The van der Waals surface area contributed by atoms with Crippen LogP contribution in [0.25, 0.3) is 0 Å². The molecule has 21 heavy (non-hydrogen) atoms. The van der Waals surface area contributed by atoms with Gasteiger partial charge in [-0.25, -0.2) is 14.4 Å². The Bertz CT molecular complexity index is 501. The van der Waals surface area contributed by atoms with Crippen LogP contribution in [-0.4, -0.2) is 47.2 Å². The largest absolute Gasteiger partial charge is 0.464 e. The molecule has 0 aromatic carbocycles. The number of esters is 1. The number of rotatable bonds is 2. The van der Waals surface area contributed by atoms with E-state index in [1.807, 2.05) is 5.94 Å². The van der Waals surface area contributed by atoms with Gasteiger partial charge in [0.25, 0.3) is 0 Å². The molecule has 6 heteroatoms. The zero-order chi connectivity index (χ0) is 15.8. The highest BCUT2D eigenvalue weighted by molar-refractivity contribution is 5.85. The number of fused-ring (bicyclic) bond motifs is 2. The summed E-state index contributed by atoms with van der Waals surface area (Å²) in [5, 5.41) is 0. The van der Waals surface area contributed by atoms with Crippen LogP contribution in [0.15, 0.2) is 5.57 Å². The minimum absolute atomic E-state index is 0.185. The van der Waals surface area contributed by atoms with E-state index in [2.05, 4.69) is 0 Å². The maximum absolute atomic E-state index is 12.4. The third-order valence-corrected chi connectivity index (χ3v) is 3.77. The van der Waals surface area contributed by atoms with Crippen LogP contribution < -0.4 is 0 Å². The lowest BCUT2D eigenvalue weighted by molar-refractivity contribution is -0.150. The maximum atomic E-state index is 12.4. The number of nitrogens with zero attached hydrogens (tertiary/aromatic N) is 1. The number of hydrogen-bond donors (Lipinski definition) is 0. The molecule has 2 fully saturated rings. The molecule has 0 radical (unpaired) electrons. The summed E-state index contributed by atoms with van der Waals surface area (Å²) >= 11 is 0. The maximum Gasteiger partial charge on any atom is 0.411 e. The van der Waals surface area contributed by atoms with Crippen LogP contribution in [0.4, 0.5) is 4.79 Å². The zero-order valence-electron chi connectivity index (χ0n) is 12.8. The Kier molecular flexibility index (Phi) is 4.10. The third kappa shape index (κ3) is 2.95. The van der Waals surface area contributed by atoms with Crippen molar-refractivity contribution in [3.63, 3.8) is 0 Å². The minimum Gasteiger partial charge on any atom is -0.464 e. The monoisotopic (exact) mass is 295 g/mol. The standard InChI is InChI=1S/C15H21NO5/c1-5-20-13(18)12-11-7-10(6-9(11)8-17)16(12)14(19)21-15(2,3)4/h10-12H,5-7H2,1-4H3/t10-,11-,12-/m0/s1. The molecule has 2 bridgehead atoms. The van der Waals surface area contributed by atoms with Crippen LogP contribution in [0.3, 0.4) is 0 Å². The smallest absolute Gasteiger partial charge is 0.411 e. The van der Waals surface area contributed by atoms with Crippen LogP contribution >= 0.6 is 0 Å². The van der Waals surface area contributed by atoms with Crippen molar-refractivity contribution in [1.82, 2.24) is 4.90 Å². The zero-order valence-corrected chi connectivity index (χ0v) is 12.8. The van der Waals surface area contributed by atoms with Gasteiger partial charge in [0.05, 0.1) is 6.61 Å². The topological polar surface area (TPSA) is 72.9 Å². The lowest BCUT2D eigenvalue weighted by Gasteiger charge is -2.35. The van der Waals surface area contributed by atoms with Gasteiger partial charge in [-0.1, -0.05) is 0 Å². The third-order valence-electron chi connectivity index (χ3n) is 3.77. The molecule has 1 amide bonds. The van der Waals surface area contributed by atoms with Crippen molar-refractivity contribution in [3.8, 4) is 0 Å². The summed E-state index contributed by atoms with van der Waals surface area (Å²) in [5.41, 5.74) is -0.0700. The first kappa shape index (κ1) is 15.6. The summed E-state index contributed by atoms with van der Waals surface area (Å²) in [6, 6.07) is -0.953. The minimum atomic E-state index is -0.769. The quantitative estimate of drug-likeness (QED) is 0.573. The molecular formula is C15H21NO5. The Morgan fingerprint density at radius 2 is 2.05 bits per heavy atom. The first-order valence-electron chi connectivity index (χ1n) is 7.20. The van der Waals surface area contributed by atoms with E-state index >= 15 is 0 Å². The molecule has 2 aliphatic rings. The van der Waals surface area contributed by atoms with Gasteiger partial charge in [-0.05, 0) is 34.1 Å². The van der Waals surface area contributed by atoms with Gasteiger partial charge in [0, 0.05) is 24.0 Å². The van der Waals surface area contributed by atoms with Gasteiger partial charge in [-0.3, -0.25) is 4.90 Å². The second kappa shape index (κ2) is 5.53. The second-order valence-electron chi connectivity index (χ2n) is 6.41. The second-order valence-corrected chi connectivity index (χ2v) is 6.41. The Balaban J connectivity index is 2.25. The normalized spacial score (nSPS) is 27.5. The molecule has 1 saturated heterocycles. The molecule has 0 N–H and O–H groups in total. The number of likely N-dealkylation sites (tertiary alicyclic amines) is 1. The van der Waals surface area contributed by atoms with Crippen LogP contribution in [0, 0.1) is 5.92 Å². The molecule has 6 nitrogen and oxygen atoms in total. The lowest BCUT2D eigenvalue weighted by atomic mass is 9.94. The summed E-state index contributed by atoms with van der Waals surface area (Å²) in [5.74, 6) is 1.13. The van der Waals surface area contributed by atoms with Crippen molar-refractivity contribution >= 4 is 18.0 Å². The molecular weight excluding hydrogens is 274 g/mol. The van der Waals surface area contributed by atoms with Crippen LogP contribution in [-0.2, 0) is 19.1 Å². The van der Waals surface area contributed by atoms with E-state index in [-0.39, 0.29) is 18.6 Å². The van der Waals surface area contributed by atoms with Crippen molar-refractivity contribution in [2.45, 2.75) is 58.2 Å². The molecule has 0 aromatic rings. The van der Waals surface area contributed by atoms with Gasteiger partial charge in [-0.15, -0.1) is 0 Å². The Hall–Kier alpha value is -1.81. The summed E-state index contributed by atoms with van der Waals surface area (Å²) in [4.78, 5) is 36.9. The number of carbonyl (C=O) groups excluding carboxylic acids is 3. The van der Waals surface area contributed by atoms with E-state index in [1.54, 1.807) is 27.7 Å². The first-order chi connectivity index (χ1) is 9.78. The molecule has 1 heterocycles. The average molecular weight is 295 g/mol. The average Bonchev–Trinajstić information content (AvgIpc) is 2.93. The highest BCUT2D eigenvalue weighted by Gasteiger charge is 2.56. The molecule has 3 atom stereocenters. The van der Waals surface area contributed by atoms with E-state index in [4.69, 9.17) is 9.47 Å². The van der Waals surface area contributed by atoms with Crippen molar-refractivity contribution in [3.05, 3.63) is 5.57 Å². The molecule has 0 aromatic heterocycles. The summed E-state index contributed by atoms with van der Waals surface area (Å²) in [6.07, 6.45) is 0.523. The Morgan fingerprint density at radius 1 is 1.38 bits per heavy atom. The molecule has 2 rings (SSSR count). The van der Waals surface area contributed by atoms with Crippen LogP contribution in [0.1, 0.15) is 40.5 Å². The fourth-order valence-corrected chi connectivity index (χ4v) is 3.08. The van der Waals surface area contributed by atoms with E-state index in [0.717, 1.165) is 0 Å². The predicted molar refractivity (Wildman–Crippen MR) is 74.2 cm³/mol. The highest BCUT2D eigenvalue weighted by atomic mass is 16.6. The summed E-state index contributed by atoms with van der Waals surface area (Å²) in [7, 11) is 0. The Labute approximate surface area is 124 Å². The fourth-order valence-electron chi connectivity index (χ4n) is 3.08. The lowest BCUT2D eigenvalue weighted by Crippen LogP contribution is -2.51. The molecule has 1 saturated carbocycles. The SMILES string of the molecule is CCOC(=O)[C@@H]1[C@H]2C[C@H](CC2=C=O)N1C(=O)OC(C)(C)C. The first-order valence-corrected chi connectivity index (χ1v) is 7.20. The van der Waals surface area contributed by atoms with Gasteiger partial charge >= 0.3 is 12.1 Å². The van der Waals surface area contributed by atoms with E-state index in [1.165, 1.54) is 4.90 Å². The number of ether oxygens (including phenoxy) is 2. The molecule has 1 aliphatic carbocycles. The van der Waals surface area contributed by atoms with Gasteiger partial charge < -0.3 is 9.47 Å². The number of amides is 1. The van der Waals surface area contributed by atoms with Crippen molar-refractivity contribution in [1.29, 1.82) is 0 Å². The number of hydrogen-bond acceptors (Lipinski definition) is 5. The van der Waals surface area contributed by atoms with Gasteiger partial charge in [-0.2, -0.15) is 0 Å². The van der Waals surface area contributed by atoms with Gasteiger partial charge in [0.15, 0.2) is 0 Å². The van der Waals surface area contributed by atoms with Gasteiger partial charge in [0.2, 0.25) is 0 Å². The highest BCUT2D eigenvalue weighted by Crippen LogP contribution is 2.45. The van der Waals surface area contributed by atoms with Crippen molar-refractivity contribution in [2.24, 2.45) is 5.92 Å². The predicted octanol–water partition coefficient (Wildman–Crippen LogP) is 1.71. The van der Waals surface area contributed by atoms with Crippen molar-refractivity contribution in [2.75, 3.05) is 6.61 Å². The molecule has 1 aliphatic heterocycles. The van der Waals surface area contributed by atoms with E-state index in [9.17, 15) is 14.4 Å². The molecule has 0 unspecified atom stereocenters. The number of piperidine rings is 1.